The van der Waals surface area contributed by atoms with Crippen molar-refractivity contribution < 1.29 is 19.0 Å². The van der Waals surface area contributed by atoms with E-state index in [1.54, 1.807) is 33.5 Å². The maximum absolute atomic E-state index is 12.3. The van der Waals surface area contributed by atoms with Crippen LogP contribution in [0.15, 0.2) is 47.6 Å². The minimum Gasteiger partial charge on any atom is -0.493 e. The SMILES string of the molecule is CCNC(=S)NNC(=O)CSc1nnc(-c2cc(OC)c(OC)c(OC)c2)n1-c1ccccc1. The van der Waals surface area contributed by atoms with Gasteiger partial charge in [-0.05, 0) is 43.4 Å². The molecular weight excluding hydrogens is 476 g/mol. The van der Waals surface area contributed by atoms with Crippen molar-refractivity contribution in [3.05, 3.63) is 42.5 Å². The van der Waals surface area contributed by atoms with E-state index in [4.69, 9.17) is 26.4 Å². The van der Waals surface area contributed by atoms with Gasteiger partial charge in [0, 0.05) is 17.8 Å². The minimum absolute atomic E-state index is 0.0992. The first-order valence-electron chi connectivity index (χ1n) is 10.3. The maximum Gasteiger partial charge on any atom is 0.248 e. The molecule has 0 atom stereocenters. The average molecular weight is 503 g/mol. The quantitative estimate of drug-likeness (QED) is 0.229. The lowest BCUT2D eigenvalue weighted by Gasteiger charge is -2.15. The Hall–Kier alpha value is -3.51. The van der Waals surface area contributed by atoms with Crippen molar-refractivity contribution in [2.24, 2.45) is 0 Å². The summed E-state index contributed by atoms with van der Waals surface area (Å²) in [6.45, 7) is 2.56. The number of ether oxygens (including phenoxy) is 3. The summed E-state index contributed by atoms with van der Waals surface area (Å²) in [7, 11) is 4.66. The molecule has 0 spiro atoms. The Morgan fingerprint density at radius 3 is 2.29 bits per heavy atom. The Morgan fingerprint density at radius 1 is 1.03 bits per heavy atom. The highest BCUT2D eigenvalue weighted by Gasteiger charge is 2.21. The summed E-state index contributed by atoms with van der Waals surface area (Å²) >= 11 is 6.30. The number of amides is 1. The topological polar surface area (TPSA) is 112 Å². The number of aromatic nitrogens is 3. The number of benzene rings is 2. The van der Waals surface area contributed by atoms with E-state index >= 15 is 0 Å². The van der Waals surface area contributed by atoms with Gasteiger partial charge in [-0.3, -0.25) is 20.2 Å². The molecule has 0 fully saturated rings. The van der Waals surface area contributed by atoms with Crippen LogP contribution in [0.25, 0.3) is 17.1 Å². The van der Waals surface area contributed by atoms with Crippen molar-refractivity contribution >= 4 is 35.0 Å². The van der Waals surface area contributed by atoms with E-state index in [0.29, 0.717) is 45.5 Å². The molecule has 0 aliphatic heterocycles. The first kappa shape index (κ1) is 25.1. The molecule has 180 valence electrons. The van der Waals surface area contributed by atoms with Crippen LogP contribution in [0.4, 0.5) is 0 Å². The van der Waals surface area contributed by atoms with Gasteiger partial charge in [0.2, 0.25) is 11.7 Å². The van der Waals surface area contributed by atoms with Crippen molar-refractivity contribution in [2.75, 3.05) is 33.6 Å². The molecule has 0 saturated carbocycles. The number of hydrazine groups is 1. The van der Waals surface area contributed by atoms with E-state index in [-0.39, 0.29) is 11.7 Å². The van der Waals surface area contributed by atoms with Gasteiger partial charge in [0.1, 0.15) is 0 Å². The number of nitrogens with zero attached hydrogens (tertiary/aromatic N) is 3. The normalized spacial score (nSPS) is 10.4. The summed E-state index contributed by atoms with van der Waals surface area (Å²) < 4.78 is 18.3. The zero-order valence-electron chi connectivity index (χ0n) is 19.2. The zero-order valence-corrected chi connectivity index (χ0v) is 20.9. The number of rotatable bonds is 9. The highest BCUT2D eigenvalue weighted by atomic mass is 32.2. The molecule has 1 heterocycles. The van der Waals surface area contributed by atoms with Gasteiger partial charge >= 0.3 is 0 Å². The van der Waals surface area contributed by atoms with Gasteiger partial charge in [-0.15, -0.1) is 10.2 Å². The monoisotopic (exact) mass is 502 g/mol. The van der Waals surface area contributed by atoms with Gasteiger partial charge in [-0.2, -0.15) is 0 Å². The van der Waals surface area contributed by atoms with Gasteiger partial charge in [0.15, 0.2) is 27.6 Å². The lowest BCUT2D eigenvalue weighted by atomic mass is 10.1. The Morgan fingerprint density at radius 2 is 1.71 bits per heavy atom. The standard InChI is InChI=1S/C22H26N6O4S2/c1-5-23-21(33)26-24-18(29)13-34-22-27-25-20(28(22)15-9-7-6-8-10-15)14-11-16(30-2)19(32-4)17(12-14)31-3/h6-12H,5,13H2,1-4H3,(H,24,29)(H2,23,26,33). The lowest BCUT2D eigenvalue weighted by Crippen LogP contribution is -2.47. The Bertz CT molecular complexity index is 1110. The molecule has 12 heteroatoms. The number of methoxy groups -OCH3 is 3. The third-order valence-electron chi connectivity index (χ3n) is 4.56. The molecule has 0 bridgehead atoms. The fourth-order valence-electron chi connectivity index (χ4n) is 3.07. The van der Waals surface area contributed by atoms with Gasteiger partial charge in [0.25, 0.3) is 0 Å². The van der Waals surface area contributed by atoms with E-state index in [9.17, 15) is 4.79 Å². The predicted octanol–water partition coefficient (Wildman–Crippen LogP) is 2.57. The van der Waals surface area contributed by atoms with Crippen molar-refractivity contribution in [1.29, 1.82) is 0 Å². The third kappa shape index (κ3) is 5.88. The molecule has 3 rings (SSSR count). The summed E-state index contributed by atoms with van der Waals surface area (Å²) in [5, 5.41) is 12.5. The fraction of sp³-hybridized carbons (Fsp3) is 0.273. The highest BCUT2D eigenvalue weighted by Crippen LogP contribution is 2.41. The Kier molecular flexibility index (Phi) is 8.93. The van der Waals surface area contributed by atoms with Gasteiger partial charge in [-0.1, -0.05) is 30.0 Å². The smallest absolute Gasteiger partial charge is 0.248 e. The van der Waals surface area contributed by atoms with Crippen LogP contribution in [-0.2, 0) is 4.79 Å². The summed E-state index contributed by atoms with van der Waals surface area (Å²) in [4.78, 5) is 12.3. The van der Waals surface area contributed by atoms with E-state index in [1.165, 1.54) is 11.8 Å². The summed E-state index contributed by atoms with van der Waals surface area (Å²) in [6.07, 6.45) is 0. The molecule has 34 heavy (non-hydrogen) atoms. The molecular formula is C22H26N6O4S2. The largest absolute Gasteiger partial charge is 0.493 e. The van der Waals surface area contributed by atoms with Crippen LogP contribution in [0.5, 0.6) is 17.2 Å². The number of hydrogen-bond acceptors (Lipinski definition) is 8. The molecule has 1 aromatic heterocycles. The number of para-hydroxylation sites is 1. The lowest BCUT2D eigenvalue weighted by molar-refractivity contribution is -0.119. The molecule has 3 N–H and O–H groups in total. The van der Waals surface area contributed by atoms with E-state index in [2.05, 4.69) is 26.4 Å². The van der Waals surface area contributed by atoms with Crippen molar-refractivity contribution in [1.82, 2.24) is 30.9 Å². The average Bonchev–Trinajstić information content (AvgIpc) is 3.30. The van der Waals surface area contributed by atoms with Crippen LogP contribution in [-0.4, -0.2) is 59.4 Å². The van der Waals surface area contributed by atoms with E-state index in [1.807, 2.05) is 41.8 Å². The fourth-order valence-corrected chi connectivity index (χ4v) is 4.02. The number of carbonyl (C=O) groups is 1. The first-order chi connectivity index (χ1) is 16.5. The summed E-state index contributed by atoms with van der Waals surface area (Å²) in [6, 6.07) is 13.2. The molecule has 0 radical (unpaired) electrons. The molecule has 0 unspecified atom stereocenters. The van der Waals surface area contributed by atoms with Crippen molar-refractivity contribution in [3.63, 3.8) is 0 Å². The number of thioether (sulfide) groups is 1. The van der Waals surface area contributed by atoms with Gasteiger partial charge in [-0.25, -0.2) is 0 Å². The van der Waals surface area contributed by atoms with Crippen molar-refractivity contribution in [2.45, 2.75) is 12.1 Å². The van der Waals surface area contributed by atoms with Crippen LogP contribution in [0.2, 0.25) is 0 Å². The predicted molar refractivity (Wildman–Crippen MR) is 135 cm³/mol. The van der Waals surface area contributed by atoms with Crippen LogP contribution in [0.1, 0.15) is 6.92 Å². The van der Waals surface area contributed by atoms with Gasteiger partial charge in [0.05, 0.1) is 27.1 Å². The Labute approximate surface area is 207 Å². The molecule has 10 nitrogen and oxygen atoms in total. The van der Waals surface area contributed by atoms with Crippen LogP contribution < -0.4 is 30.4 Å². The number of hydrogen-bond donors (Lipinski definition) is 3. The van der Waals surface area contributed by atoms with Crippen LogP contribution >= 0.6 is 24.0 Å². The molecule has 3 aromatic rings. The zero-order chi connectivity index (χ0) is 24.5. The second kappa shape index (κ2) is 12.1. The number of thiocarbonyl (C=S) groups is 1. The molecule has 0 saturated heterocycles. The van der Waals surface area contributed by atoms with Gasteiger partial charge < -0.3 is 19.5 Å². The van der Waals surface area contributed by atoms with Crippen molar-refractivity contribution in [3.8, 4) is 34.3 Å². The van der Waals surface area contributed by atoms with E-state index < -0.39 is 0 Å². The third-order valence-corrected chi connectivity index (χ3v) is 5.73. The minimum atomic E-state index is -0.262. The molecule has 0 aliphatic rings. The maximum atomic E-state index is 12.3. The van der Waals surface area contributed by atoms with Crippen LogP contribution in [0.3, 0.4) is 0 Å². The second-order valence-corrected chi connectivity index (χ2v) is 8.06. The number of carbonyl (C=O) groups excluding carboxylic acids is 1. The second-order valence-electron chi connectivity index (χ2n) is 6.71. The molecule has 0 aliphatic carbocycles. The number of nitrogens with one attached hydrogen (secondary N) is 3. The first-order valence-corrected chi connectivity index (χ1v) is 11.7. The highest BCUT2D eigenvalue weighted by molar-refractivity contribution is 7.99. The van der Waals surface area contributed by atoms with Crippen LogP contribution in [0, 0.1) is 0 Å². The summed E-state index contributed by atoms with van der Waals surface area (Å²) in [5.74, 6) is 1.87. The molecule has 1 amide bonds. The Balaban J connectivity index is 1.93. The summed E-state index contributed by atoms with van der Waals surface area (Å²) in [5.41, 5.74) is 6.76. The van der Waals surface area contributed by atoms with E-state index in [0.717, 1.165) is 5.69 Å². The molecule has 2 aromatic carbocycles.